The maximum absolute atomic E-state index is 14.1. The van der Waals surface area contributed by atoms with E-state index in [2.05, 4.69) is 15.5 Å². The van der Waals surface area contributed by atoms with Gasteiger partial charge in [-0.2, -0.15) is 5.26 Å². The predicted octanol–water partition coefficient (Wildman–Crippen LogP) is 6.77. The van der Waals surface area contributed by atoms with E-state index in [1.54, 1.807) is 6.07 Å². The summed E-state index contributed by atoms with van der Waals surface area (Å²) in [5.74, 6) is 0.495. The van der Waals surface area contributed by atoms with Crippen LogP contribution < -0.4 is 9.47 Å². The Morgan fingerprint density at radius 3 is 2.66 bits per heavy atom. The van der Waals surface area contributed by atoms with Crippen molar-refractivity contribution in [2.75, 3.05) is 13.1 Å². The van der Waals surface area contributed by atoms with Crippen LogP contribution in [0.2, 0.25) is 5.02 Å². The van der Waals surface area contributed by atoms with Gasteiger partial charge >= 0.3 is 5.97 Å². The van der Waals surface area contributed by atoms with Crippen molar-refractivity contribution in [1.82, 2.24) is 14.5 Å². The second-order valence-electron chi connectivity index (χ2n) is 11.9. The smallest absolute Gasteiger partial charge is 0.307 e. The van der Waals surface area contributed by atoms with Crippen LogP contribution in [0.1, 0.15) is 49.1 Å². The molecule has 8 nitrogen and oxygen atoms in total. The lowest BCUT2D eigenvalue weighted by molar-refractivity contribution is -0.136. The molecular weight excluding hydrogens is 583 g/mol. The van der Waals surface area contributed by atoms with Gasteiger partial charge in [-0.1, -0.05) is 29.8 Å². The van der Waals surface area contributed by atoms with E-state index in [0.29, 0.717) is 24.5 Å². The molecule has 0 atom stereocenters. The van der Waals surface area contributed by atoms with E-state index in [-0.39, 0.29) is 30.3 Å². The number of aliphatic carboxylic acids is 1. The third kappa shape index (κ3) is 7.15. The van der Waals surface area contributed by atoms with Crippen molar-refractivity contribution >= 4 is 28.6 Å². The number of fused-ring (bicyclic) bond motifs is 1. The number of hydrogen-bond acceptors (Lipinski definition) is 6. The molecule has 1 saturated carbocycles. The molecule has 1 saturated heterocycles. The quantitative estimate of drug-likeness (QED) is 0.187. The van der Waals surface area contributed by atoms with E-state index in [1.807, 2.05) is 42.5 Å². The number of halogens is 2. The summed E-state index contributed by atoms with van der Waals surface area (Å²) >= 11 is 5.83. The van der Waals surface area contributed by atoms with E-state index in [1.165, 1.54) is 12.1 Å². The van der Waals surface area contributed by atoms with Crippen LogP contribution in [0.5, 0.6) is 11.5 Å². The summed E-state index contributed by atoms with van der Waals surface area (Å²) in [6.07, 6.45) is 4.29. The van der Waals surface area contributed by atoms with Gasteiger partial charge in [-0.25, -0.2) is 9.37 Å². The zero-order chi connectivity index (χ0) is 30.7. The summed E-state index contributed by atoms with van der Waals surface area (Å²) < 4.78 is 28.3. The third-order valence-corrected chi connectivity index (χ3v) is 8.78. The molecule has 2 fully saturated rings. The molecule has 0 bridgehead atoms. The first-order valence-corrected chi connectivity index (χ1v) is 15.3. The molecule has 44 heavy (non-hydrogen) atoms. The molecule has 2 aliphatic rings. The molecule has 0 spiro atoms. The molecule has 6 rings (SSSR count). The van der Waals surface area contributed by atoms with Gasteiger partial charge in [0.05, 0.1) is 30.1 Å². The van der Waals surface area contributed by atoms with Crippen molar-refractivity contribution in [1.29, 1.82) is 5.26 Å². The Hall–Kier alpha value is -4.13. The molecule has 3 aromatic carbocycles. The molecule has 0 radical (unpaired) electrons. The Morgan fingerprint density at radius 1 is 1.11 bits per heavy atom. The first kappa shape index (κ1) is 29.9. The highest BCUT2D eigenvalue weighted by Crippen LogP contribution is 2.50. The normalized spacial score (nSPS) is 16.5. The lowest BCUT2D eigenvalue weighted by Crippen LogP contribution is -2.38. The summed E-state index contributed by atoms with van der Waals surface area (Å²) in [7, 11) is 0. The van der Waals surface area contributed by atoms with E-state index >= 15 is 0 Å². The molecular formula is C34H34ClFN4O4. The van der Waals surface area contributed by atoms with E-state index in [9.17, 15) is 19.6 Å². The van der Waals surface area contributed by atoms with Gasteiger partial charge in [0.25, 0.3) is 0 Å². The van der Waals surface area contributed by atoms with E-state index in [0.717, 1.165) is 72.5 Å². The maximum Gasteiger partial charge on any atom is 0.307 e. The SMILES string of the molecule is N#CCC1(Cn2c(CN3CCC(Oc4cccc(COc5ccc(Cl)cc5F)c4)CC3)nc3ccc(CC(=O)O)cc32)CC1. The third-order valence-electron chi connectivity index (χ3n) is 8.54. The largest absolute Gasteiger partial charge is 0.490 e. The summed E-state index contributed by atoms with van der Waals surface area (Å²) in [5, 5.41) is 19.0. The van der Waals surface area contributed by atoms with Gasteiger partial charge in [-0.3, -0.25) is 9.69 Å². The number of likely N-dealkylation sites (tertiary alicyclic amines) is 1. The average molecular weight is 617 g/mol. The number of carboxylic acid groups (broad SMARTS) is 1. The van der Waals surface area contributed by atoms with Crippen LogP contribution in [0.3, 0.4) is 0 Å². The summed E-state index contributed by atoms with van der Waals surface area (Å²) in [6.45, 7) is 3.29. The lowest BCUT2D eigenvalue weighted by Gasteiger charge is -2.32. The van der Waals surface area contributed by atoms with Gasteiger partial charge in [0.2, 0.25) is 0 Å². The van der Waals surface area contributed by atoms with Crippen LogP contribution >= 0.6 is 11.6 Å². The number of aromatic nitrogens is 2. The van der Waals surface area contributed by atoms with Crippen LogP contribution in [0.15, 0.2) is 60.7 Å². The Bertz CT molecular complexity index is 1710. The number of imidazole rings is 1. The van der Waals surface area contributed by atoms with Gasteiger partial charge in [-0.15, -0.1) is 0 Å². The highest BCUT2D eigenvalue weighted by Gasteiger charge is 2.43. The van der Waals surface area contributed by atoms with Crippen LogP contribution in [0.25, 0.3) is 11.0 Å². The minimum atomic E-state index is -0.864. The molecule has 1 aliphatic carbocycles. The number of benzene rings is 3. The van der Waals surface area contributed by atoms with Gasteiger partial charge in [0, 0.05) is 36.5 Å². The summed E-state index contributed by atoms with van der Waals surface area (Å²) in [5.41, 5.74) is 3.38. The van der Waals surface area contributed by atoms with Crippen LogP contribution in [0, 0.1) is 22.6 Å². The Kier molecular flexibility index (Phi) is 8.74. The Balaban J connectivity index is 1.09. The second-order valence-corrected chi connectivity index (χ2v) is 12.4. The molecule has 0 amide bonds. The lowest BCUT2D eigenvalue weighted by atomic mass is 10.0. The number of carbonyl (C=O) groups is 1. The minimum Gasteiger partial charge on any atom is -0.490 e. The van der Waals surface area contributed by atoms with Crippen LogP contribution in [-0.2, 0) is 30.9 Å². The highest BCUT2D eigenvalue weighted by molar-refractivity contribution is 6.30. The Labute approximate surface area is 260 Å². The van der Waals surface area contributed by atoms with E-state index in [4.69, 9.17) is 26.1 Å². The topological polar surface area (TPSA) is 101 Å². The first-order valence-electron chi connectivity index (χ1n) is 14.9. The molecule has 1 aromatic heterocycles. The fourth-order valence-corrected chi connectivity index (χ4v) is 6.07. The number of carboxylic acids is 1. The van der Waals surface area contributed by atoms with Gasteiger partial charge in [0.1, 0.15) is 24.3 Å². The van der Waals surface area contributed by atoms with Gasteiger partial charge in [0.15, 0.2) is 11.6 Å². The van der Waals surface area contributed by atoms with Gasteiger partial charge in [-0.05, 0) is 79.3 Å². The molecule has 2 heterocycles. The summed E-state index contributed by atoms with van der Waals surface area (Å²) in [4.78, 5) is 18.7. The van der Waals surface area contributed by atoms with Crippen molar-refractivity contribution in [2.24, 2.45) is 5.41 Å². The molecule has 0 unspecified atom stereocenters. The monoisotopic (exact) mass is 616 g/mol. The van der Waals surface area contributed by atoms with Crippen molar-refractivity contribution in [3.05, 3.63) is 88.5 Å². The number of ether oxygens (including phenoxy) is 2. The van der Waals surface area contributed by atoms with Crippen molar-refractivity contribution in [3.8, 4) is 17.6 Å². The minimum absolute atomic E-state index is 0.0245. The molecule has 1 N–H and O–H groups in total. The van der Waals surface area contributed by atoms with Crippen molar-refractivity contribution < 1.29 is 23.8 Å². The molecule has 228 valence electrons. The molecule has 1 aliphatic heterocycles. The van der Waals surface area contributed by atoms with Crippen molar-refractivity contribution in [3.63, 3.8) is 0 Å². The van der Waals surface area contributed by atoms with E-state index < -0.39 is 11.8 Å². The standard InChI is InChI=1S/C34H34ClFN4O4/c35-25-5-7-31(28(36)19-25)43-21-24-2-1-3-27(16-24)44-26-8-14-39(15-9-26)20-32-38-29-6-4-23(18-33(41)42)17-30(29)40(32)22-34(10-11-34)12-13-37/h1-7,16-17,19,26H,8-12,14-15,18,20-22H2,(H,41,42). The first-order chi connectivity index (χ1) is 21.3. The predicted molar refractivity (Wildman–Crippen MR) is 164 cm³/mol. The molecule has 4 aromatic rings. The highest BCUT2D eigenvalue weighted by atomic mass is 35.5. The van der Waals surface area contributed by atoms with Crippen LogP contribution in [0.4, 0.5) is 4.39 Å². The summed E-state index contributed by atoms with van der Waals surface area (Å²) in [6, 6.07) is 20.1. The number of rotatable bonds is 12. The second kappa shape index (κ2) is 12.8. The zero-order valence-corrected chi connectivity index (χ0v) is 25.1. The fraction of sp³-hybridized carbons (Fsp3) is 0.382. The average Bonchev–Trinajstić information content (AvgIpc) is 3.68. The zero-order valence-electron chi connectivity index (χ0n) is 24.3. The number of piperidine rings is 1. The fourth-order valence-electron chi connectivity index (χ4n) is 5.91. The maximum atomic E-state index is 14.1. The van der Waals surface area contributed by atoms with Crippen LogP contribution in [-0.4, -0.2) is 44.7 Å². The number of nitrogens with zero attached hydrogens (tertiary/aromatic N) is 4. The number of hydrogen-bond donors (Lipinski definition) is 1. The van der Waals surface area contributed by atoms with Crippen molar-refractivity contribution in [2.45, 2.75) is 64.3 Å². The van der Waals surface area contributed by atoms with Gasteiger partial charge < -0.3 is 19.1 Å². The Morgan fingerprint density at radius 2 is 1.93 bits per heavy atom. The molecule has 10 heteroatoms. The number of nitriles is 1.